The molecule has 1 aromatic carbocycles. The van der Waals surface area contributed by atoms with Crippen molar-refractivity contribution in [1.82, 2.24) is 38.8 Å². The van der Waals surface area contributed by atoms with Crippen LogP contribution in [-0.4, -0.2) is 93.8 Å². The predicted octanol–water partition coefficient (Wildman–Crippen LogP) is 1.82. The van der Waals surface area contributed by atoms with Crippen molar-refractivity contribution in [1.29, 1.82) is 0 Å². The average Bonchev–Trinajstić information content (AvgIpc) is 3.79. The molecule has 2 amide bonds. The van der Waals surface area contributed by atoms with Crippen molar-refractivity contribution in [3.8, 4) is 0 Å². The number of aryl methyl sites for hydroxylation is 2. The number of carbonyl (C=O) groups is 2. The minimum Gasteiger partial charge on any atom is -0.387 e. The number of nitrogen functional groups attached to an aromatic ring is 1. The molecule has 5 aromatic rings. The van der Waals surface area contributed by atoms with Crippen molar-refractivity contribution in [2.24, 2.45) is 5.41 Å². The fraction of sp³-hybridized carbons (Fsp3) is 0.441. The summed E-state index contributed by atoms with van der Waals surface area (Å²) in [6.45, 7) is 6.91. The summed E-state index contributed by atoms with van der Waals surface area (Å²) in [6.07, 6.45) is 1.26. The van der Waals surface area contributed by atoms with Crippen LogP contribution in [0.25, 0.3) is 22.2 Å². The molecule has 0 radical (unpaired) electrons. The summed E-state index contributed by atoms with van der Waals surface area (Å²) >= 11 is 1.31. The molecule has 1 aliphatic rings. The number of aliphatic hydroxyl groups is 2. The SMILES string of the molecule is Cc1ccc(S(=O)(=O)n2cc(CCCCC(=O)NCSC[C@H]3O[C@@H](n4cnc5c(N)ncnc54)[C@@H](O)C3O)c3c(=O)[nH]c(NC(=O)C(C)(C)C)nc32)cc1. The van der Waals surface area contributed by atoms with E-state index < -0.39 is 51.4 Å². The Hall–Kier alpha value is -4.89. The number of ether oxygens (including phenoxy) is 1. The van der Waals surface area contributed by atoms with Gasteiger partial charge in [-0.15, -0.1) is 11.8 Å². The molecule has 0 bridgehead atoms. The van der Waals surface area contributed by atoms with Crippen LogP contribution in [0.2, 0.25) is 0 Å². The zero-order valence-electron chi connectivity index (χ0n) is 30.0. The molecule has 20 heteroatoms. The Bertz CT molecular complexity index is 2350. The Balaban J connectivity index is 1.05. The Kier molecular flexibility index (Phi) is 11.1. The van der Waals surface area contributed by atoms with Gasteiger partial charge in [0.15, 0.2) is 23.3 Å². The highest BCUT2D eigenvalue weighted by Crippen LogP contribution is 2.33. The average molecular weight is 783 g/mol. The number of fused-ring (bicyclic) bond motifs is 2. The number of nitrogens with zero attached hydrogens (tertiary/aromatic N) is 6. The van der Waals surface area contributed by atoms with Crippen LogP contribution in [0.3, 0.4) is 0 Å². The molecule has 0 spiro atoms. The Morgan fingerprint density at radius 2 is 1.81 bits per heavy atom. The Labute approximate surface area is 314 Å². The Morgan fingerprint density at radius 3 is 2.54 bits per heavy atom. The molecule has 54 heavy (non-hydrogen) atoms. The number of amides is 2. The number of thioether (sulfide) groups is 1. The number of aliphatic hydroxyl groups excluding tert-OH is 2. The number of hydrogen-bond donors (Lipinski definition) is 6. The fourth-order valence-corrected chi connectivity index (χ4v) is 8.10. The maximum atomic E-state index is 13.8. The highest BCUT2D eigenvalue weighted by molar-refractivity contribution is 7.99. The number of hydrogen-bond acceptors (Lipinski definition) is 14. The molecule has 4 aromatic heterocycles. The summed E-state index contributed by atoms with van der Waals surface area (Å²) in [5, 5.41) is 26.8. The lowest BCUT2D eigenvalue weighted by Gasteiger charge is -2.17. The van der Waals surface area contributed by atoms with Crippen LogP contribution >= 0.6 is 11.8 Å². The first-order valence-corrected chi connectivity index (χ1v) is 19.7. The quantitative estimate of drug-likeness (QED) is 0.0736. The largest absolute Gasteiger partial charge is 0.387 e. The lowest BCUT2D eigenvalue weighted by Crippen LogP contribution is -2.33. The molecular formula is C34H42N10O8S2. The van der Waals surface area contributed by atoms with Gasteiger partial charge in [-0.05, 0) is 43.9 Å². The number of anilines is 2. The van der Waals surface area contributed by atoms with Gasteiger partial charge in [-0.1, -0.05) is 38.5 Å². The first kappa shape index (κ1) is 38.8. The van der Waals surface area contributed by atoms with E-state index in [1.807, 2.05) is 6.92 Å². The van der Waals surface area contributed by atoms with Crippen molar-refractivity contribution in [3.63, 3.8) is 0 Å². The second-order valence-electron chi connectivity index (χ2n) is 14.0. The number of rotatable bonds is 13. The van der Waals surface area contributed by atoms with Crippen molar-refractivity contribution in [2.75, 3.05) is 22.7 Å². The third-order valence-corrected chi connectivity index (χ3v) is 11.5. The van der Waals surface area contributed by atoms with Crippen molar-refractivity contribution >= 4 is 67.6 Å². The van der Waals surface area contributed by atoms with E-state index in [2.05, 4.69) is 35.6 Å². The van der Waals surface area contributed by atoms with E-state index in [0.29, 0.717) is 29.6 Å². The maximum absolute atomic E-state index is 13.8. The van der Waals surface area contributed by atoms with Crippen LogP contribution in [0.4, 0.5) is 11.8 Å². The Morgan fingerprint density at radius 1 is 1.07 bits per heavy atom. The van der Waals surface area contributed by atoms with Crippen LogP contribution in [0.1, 0.15) is 57.4 Å². The number of benzene rings is 1. The van der Waals surface area contributed by atoms with Gasteiger partial charge in [-0.3, -0.25) is 29.3 Å². The van der Waals surface area contributed by atoms with Crippen LogP contribution in [0, 0.1) is 12.3 Å². The minimum atomic E-state index is -4.18. The second kappa shape index (κ2) is 15.5. The lowest BCUT2D eigenvalue weighted by molar-refractivity contribution is -0.123. The molecule has 0 aliphatic carbocycles. The van der Waals surface area contributed by atoms with E-state index in [1.165, 1.54) is 47.3 Å². The summed E-state index contributed by atoms with van der Waals surface area (Å²) in [7, 11) is -4.18. The molecule has 7 N–H and O–H groups in total. The van der Waals surface area contributed by atoms with Crippen LogP contribution < -0.4 is 21.9 Å². The fourth-order valence-electron chi connectivity index (χ4n) is 5.88. The molecule has 5 heterocycles. The van der Waals surface area contributed by atoms with E-state index in [4.69, 9.17) is 10.5 Å². The molecule has 6 rings (SSSR count). The summed E-state index contributed by atoms with van der Waals surface area (Å²) in [5.74, 6) is -0.137. The summed E-state index contributed by atoms with van der Waals surface area (Å²) in [6, 6.07) is 6.28. The van der Waals surface area contributed by atoms with Gasteiger partial charge in [-0.25, -0.2) is 27.3 Å². The number of imidazole rings is 1. The number of nitrogens with one attached hydrogen (secondary N) is 3. The van der Waals surface area contributed by atoms with Gasteiger partial charge in [0.05, 0.1) is 28.6 Å². The van der Waals surface area contributed by atoms with Crippen LogP contribution in [0.5, 0.6) is 0 Å². The monoisotopic (exact) mass is 782 g/mol. The molecule has 1 unspecified atom stereocenters. The van der Waals surface area contributed by atoms with Gasteiger partial charge in [0.2, 0.25) is 17.8 Å². The molecule has 1 saturated heterocycles. The van der Waals surface area contributed by atoms with Crippen LogP contribution in [-0.2, 0) is 30.8 Å². The third kappa shape index (κ3) is 7.97. The first-order valence-electron chi connectivity index (χ1n) is 17.1. The topological polar surface area (TPSA) is 262 Å². The second-order valence-corrected chi connectivity index (χ2v) is 16.9. The number of carbonyl (C=O) groups excluding carboxylic acids is 2. The van der Waals surface area contributed by atoms with Gasteiger partial charge in [-0.2, -0.15) is 4.98 Å². The van der Waals surface area contributed by atoms with Gasteiger partial charge in [0.25, 0.3) is 15.6 Å². The zero-order chi connectivity index (χ0) is 38.9. The van der Waals surface area contributed by atoms with Crippen molar-refractivity contribution < 1.29 is 33.0 Å². The molecule has 1 aliphatic heterocycles. The highest BCUT2D eigenvalue weighted by atomic mass is 32.2. The van der Waals surface area contributed by atoms with E-state index >= 15 is 0 Å². The van der Waals surface area contributed by atoms with E-state index in [9.17, 15) is 33.0 Å². The predicted molar refractivity (Wildman–Crippen MR) is 201 cm³/mol. The van der Waals surface area contributed by atoms with E-state index in [0.717, 1.165) is 9.54 Å². The molecule has 0 saturated carbocycles. The number of aromatic amines is 1. The lowest BCUT2D eigenvalue weighted by atomic mass is 9.96. The van der Waals surface area contributed by atoms with Crippen LogP contribution in [0.15, 0.2) is 52.8 Å². The standard InChI is InChI=1S/C34H42N10O8S2/c1-18-9-11-20(12-10-18)54(50,51)44-13-19(23-28(44)40-33(41-30(23)48)42-32(49)34(2,3)4)7-5-6-8-22(45)39-17-53-14-21-25(46)26(47)31(52-21)43-16-38-24-27(35)36-15-37-29(24)43/h9-13,15-16,21,25-26,31,46-47H,5-8,14,17H2,1-4H3,(H,39,45)(H2,35,36,37)(H2,40,41,42,48,49)/t21-,25?,26+,31-/m1/s1. The number of nitrogens with two attached hydrogens (primary N) is 1. The zero-order valence-corrected chi connectivity index (χ0v) is 31.6. The van der Waals surface area contributed by atoms with Crippen molar-refractivity contribution in [2.45, 2.75) is 82.8 Å². The molecule has 18 nitrogen and oxygen atoms in total. The minimum absolute atomic E-state index is 0.00551. The normalized spacial score (nSPS) is 19.1. The van der Waals surface area contributed by atoms with Gasteiger partial charge >= 0.3 is 0 Å². The molecule has 288 valence electrons. The van der Waals surface area contributed by atoms with E-state index in [-0.39, 0.29) is 58.1 Å². The summed E-state index contributed by atoms with van der Waals surface area (Å²) in [5.41, 5.74) is 6.32. The number of unbranched alkanes of at least 4 members (excludes halogenated alkanes) is 1. The van der Waals surface area contributed by atoms with E-state index in [1.54, 1.807) is 32.9 Å². The molecular weight excluding hydrogens is 741 g/mol. The van der Waals surface area contributed by atoms with Gasteiger partial charge < -0.3 is 26.0 Å². The highest BCUT2D eigenvalue weighted by Gasteiger charge is 2.44. The molecule has 1 fully saturated rings. The smallest absolute Gasteiger partial charge is 0.269 e. The maximum Gasteiger partial charge on any atom is 0.269 e. The van der Waals surface area contributed by atoms with Gasteiger partial charge in [0.1, 0.15) is 24.1 Å². The summed E-state index contributed by atoms with van der Waals surface area (Å²) in [4.78, 5) is 57.8. The first-order chi connectivity index (χ1) is 25.6. The van der Waals surface area contributed by atoms with Gasteiger partial charge in [0, 0.05) is 23.8 Å². The summed E-state index contributed by atoms with van der Waals surface area (Å²) < 4.78 is 36.0. The third-order valence-electron chi connectivity index (χ3n) is 8.95. The van der Waals surface area contributed by atoms with Crippen molar-refractivity contribution in [3.05, 3.63) is 64.6 Å². The number of H-pyrrole nitrogens is 1. The molecule has 4 atom stereocenters. The number of aromatic nitrogens is 7.